The number of rotatable bonds is 7. The molecule has 0 atom stereocenters. The lowest BCUT2D eigenvalue weighted by atomic mass is 10.0. The van der Waals surface area contributed by atoms with Crippen LogP contribution >= 0.6 is 0 Å². The molecule has 132 valence electrons. The molecule has 0 N–H and O–H groups in total. The summed E-state index contributed by atoms with van der Waals surface area (Å²) in [5.74, 6) is -0.0389. The van der Waals surface area contributed by atoms with E-state index in [4.69, 9.17) is 9.47 Å². The largest absolute Gasteiger partial charge is 0.469 e. The molecule has 0 radical (unpaired) electrons. The van der Waals surface area contributed by atoms with Gasteiger partial charge < -0.3 is 14.4 Å². The van der Waals surface area contributed by atoms with Crippen LogP contribution in [0.5, 0.6) is 0 Å². The van der Waals surface area contributed by atoms with Gasteiger partial charge in [-0.3, -0.25) is 4.79 Å². The second-order valence-electron chi connectivity index (χ2n) is 6.47. The quantitative estimate of drug-likeness (QED) is 0.398. The van der Waals surface area contributed by atoms with E-state index in [-0.39, 0.29) is 24.5 Å². The van der Waals surface area contributed by atoms with Gasteiger partial charge in [-0.25, -0.2) is 4.79 Å². The summed E-state index contributed by atoms with van der Waals surface area (Å²) in [6.45, 7) is 13.7. The topological polar surface area (TPSA) is 55.8 Å². The summed E-state index contributed by atoms with van der Waals surface area (Å²) in [7, 11) is 1.34. The normalized spacial score (nSPS) is 12.8. The molecule has 0 aliphatic carbocycles. The molecule has 0 bridgehead atoms. The third kappa shape index (κ3) is 7.86. The van der Waals surface area contributed by atoms with Crippen LogP contribution < -0.4 is 0 Å². The van der Waals surface area contributed by atoms with Crippen LogP contribution in [0.15, 0.2) is 23.5 Å². The highest BCUT2D eigenvalue weighted by Crippen LogP contribution is 2.18. The molecule has 0 saturated carbocycles. The maximum absolute atomic E-state index is 12.3. The van der Waals surface area contributed by atoms with E-state index >= 15 is 0 Å². The van der Waals surface area contributed by atoms with E-state index in [9.17, 15) is 9.59 Å². The van der Waals surface area contributed by atoms with Crippen molar-refractivity contribution in [2.45, 2.75) is 67.0 Å². The predicted molar refractivity (Wildman–Crippen MR) is 91.9 cm³/mol. The number of carbonyl (C=O) groups excluding carboxylic acids is 2. The Morgan fingerprint density at radius 3 is 1.96 bits per heavy atom. The van der Waals surface area contributed by atoms with Crippen LogP contribution in [-0.4, -0.2) is 36.2 Å². The number of methoxy groups -OCH3 is 1. The molecule has 0 aromatic carbocycles. The van der Waals surface area contributed by atoms with Gasteiger partial charge in [-0.15, -0.1) is 0 Å². The van der Waals surface area contributed by atoms with Crippen LogP contribution in [0, 0.1) is 5.92 Å². The zero-order valence-electron chi connectivity index (χ0n) is 15.7. The van der Waals surface area contributed by atoms with Gasteiger partial charge in [0, 0.05) is 17.7 Å². The van der Waals surface area contributed by atoms with Gasteiger partial charge in [-0.05, 0) is 46.1 Å². The van der Waals surface area contributed by atoms with Gasteiger partial charge in [0.15, 0.2) is 0 Å². The second kappa shape index (κ2) is 10.1. The van der Waals surface area contributed by atoms with Crippen LogP contribution in [0.1, 0.15) is 54.9 Å². The standard InChI is InChI=1S/C18H31NO4/c1-12(2)9-15(7)16(10-17(20)22-8)11-23-18(21)19(13(3)4)14(5)6/h9,11-14H,10H2,1-8H3/b15-9-,16-11-. The van der Waals surface area contributed by atoms with E-state index in [2.05, 4.69) is 0 Å². The number of carbonyl (C=O) groups is 2. The van der Waals surface area contributed by atoms with Gasteiger partial charge in [-0.2, -0.15) is 0 Å². The van der Waals surface area contributed by atoms with Crippen LogP contribution in [0.25, 0.3) is 0 Å². The Hall–Kier alpha value is -1.78. The summed E-state index contributed by atoms with van der Waals surface area (Å²) in [6.07, 6.45) is 3.04. The Labute approximate surface area is 140 Å². The van der Waals surface area contributed by atoms with Gasteiger partial charge >= 0.3 is 12.1 Å². The Morgan fingerprint density at radius 2 is 1.57 bits per heavy atom. The molecule has 5 heteroatoms. The Bertz CT molecular complexity index is 454. The highest BCUT2D eigenvalue weighted by Gasteiger charge is 2.21. The summed E-state index contributed by atoms with van der Waals surface area (Å²) >= 11 is 0. The van der Waals surface area contributed by atoms with E-state index in [1.807, 2.05) is 54.5 Å². The van der Waals surface area contributed by atoms with Crippen molar-refractivity contribution >= 4 is 12.1 Å². The summed E-state index contributed by atoms with van der Waals surface area (Å²) in [5, 5.41) is 0. The molecule has 0 heterocycles. The number of esters is 1. The van der Waals surface area contributed by atoms with Crippen molar-refractivity contribution in [3.8, 4) is 0 Å². The lowest BCUT2D eigenvalue weighted by Crippen LogP contribution is -2.41. The van der Waals surface area contributed by atoms with Gasteiger partial charge in [0.25, 0.3) is 0 Å². The Balaban J connectivity index is 5.28. The van der Waals surface area contributed by atoms with Crippen molar-refractivity contribution in [3.05, 3.63) is 23.5 Å². The molecule has 0 aromatic rings. The SMILES string of the molecule is COC(=O)CC(=C/OC(=O)N(C(C)C)C(C)C)/C(C)=C\C(C)C. The molecule has 5 nitrogen and oxygen atoms in total. The van der Waals surface area contributed by atoms with Gasteiger partial charge in [0.2, 0.25) is 0 Å². The molecule has 0 aliphatic rings. The highest BCUT2D eigenvalue weighted by atomic mass is 16.5. The van der Waals surface area contributed by atoms with Gasteiger partial charge in [0.1, 0.15) is 6.26 Å². The molecule has 23 heavy (non-hydrogen) atoms. The van der Waals surface area contributed by atoms with Crippen LogP contribution in [-0.2, 0) is 14.3 Å². The maximum Gasteiger partial charge on any atom is 0.415 e. The van der Waals surface area contributed by atoms with E-state index in [1.54, 1.807) is 4.90 Å². The van der Waals surface area contributed by atoms with Crippen LogP contribution in [0.4, 0.5) is 4.79 Å². The second-order valence-corrected chi connectivity index (χ2v) is 6.47. The lowest BCUT2D eigenvalue weighted by Gasteiger charge is -2.29. The van der Waals surface area contributed by atoms with Crippen molar-refractivity contribution in [1.82, 2.24) is 4.90 Å². The van der Waals surface area contributed by atoms with Crippen molar-refractivity contribution in [2.75, 3.05) is 7.11 Å². The van der Waals surface area contributed by atoms with Crippen molar-refractivity contribution in [2.24, 2.45) is 5.92 Å². The van der Waals surface area contributed by atoms with E-state index in [0.29, 0.717) is 11.5 Å². The number of allylic oxidation sites excluding steroid dienone is 2. The first-order valence-electron chi connectivity index (χ1n) is 8.03. The monoisotopic (exact) mass is 325 g/mol. The molecule has 0 rings (SSSR count). The molecule has 0 saturated heterocycles. The average molecular weight is 325 g/mol. The molecule has 0 aliphatic heterocycles. The predicted octanol–water partition coefficient (Wildman–Crippen LogP) is 4.29. The Kier molecular flexibility index (Phi) is 9.30. The van der Waals surface area contributed by atoms with Crippen LogP contribution in [0.3, 0.4) is 0 Å². The smallest absolute Gasteiger partial charge is 0.415 e. The number of hydrogen-bond acceptors (Lipinski definition) is 4. The third-order valence-corrected chi connectivity index (χ3v) is 3.28. The summed E-state index contributed by atoms with van der Waals surface area (Å²) in [4.78, 5) is 25.5. The first-order valence-corrected chi connectivity index (χ1v) is 8.03. The third-order valence-electron chi connectivity index (χ3n) is 3.28. The van der Waals surface area contributed by atoms with Gasteiger partial charge in [-0.1, -0.05) is 19.9 Å². The molecule has 0 aromatic heterocycles. The number of ether oxygens (including phenoxy) is 2. The first-order chi connectivity index (χ1) is 10.6. The summed E-state index contributed by atoms with van der Waals surface area (Å²) in [5.41, 5.74) is 1.55. The van der Waals surface area contributed by atoms with Crippen LogP contribution in [0.2, 0.25) is 0 Å². The molecular weight excluding hydrogens is 294 g/mol. The van der Waals surface area contributed by atoms with E-state index < -0.39 is 6.09 Å². The number of nitrogens with zero attached hydrogens (tertiary/aromatic N) is 1. The number of hydrogen-bond donors (Lipinski definition) is 0. The van der Waals surface area contributed by atoms with Crippen molar-refractivity contribution < 1.29 is 19.1 Å². The van der Waals surface area contributed by atoms with Crippen molar-refractivity contribution in [1.29, 1.82) is 0 Å². The molecular formula is C18H31NO4. The fourth-order valence-electron chi connectivity index (χ4n) is 2.31. The minimum Gasteiger partial charge on any atom is -0.469 e. The fourth-order valence-corrected chi connectivity index (χ4v) is 2.31. The Morgan fingerprint density at radius 1 is 1.04 bits per heavy atom. The zero-order chi connectivity index (χ0) is 18.2. The molecule has 1 amide bonds. The van der Waals surface area contributed by atoms with E-state index in [0.717, 1.165) is 5.57 Å². The number of amides is 1. The van der Waals surface area contributed by atoms with E-state index in [1.165, 1.54) is 13.4 Å². The lowest BCUT2D eigenvalue weighted by molar-refractivity contribution is -0.139. The fraction of sp³-hybridized carbons (Fsp3) is 0.667. The molecule has 0 fully saturated rings. The molecule has 0 spiro atoms. The summed E-state index contributed by atoms with van der Waals surface area (Å²) in [6, 6.07) is 0.0690. The highest BCUT2D eigenvalue weighted by molar-refractivity contribution is 5.74. The first kappa shape index (κ1) is 21.2. The minimum absolute atomic E-state index is 0.0345. The minimum atomic E-state index is -0.422. The zero-order valence-corrected chi connectivity index (χ0v) is 15.7. The summed E-state index contributed by atoms with van der Waals surface area (Å²) < 4.78 is 10.0. The average Bonchev–Trinajstić information content (AvgIpc) is 2.41. The van der Waals surface area contributed by atoms with Crippen molar-refractivity contribution in [3.63, 3.8) is 0 Å². The molecule has 0 unspecified atom stereocenters. The maximum atomic E-state index is 12.3. The van der Waals surface area contributed by atoms with Gasteiger partial charge in [0.05, 0.1) is 13.5 Å².